The van der Waals surface area contributed by atoms with E-state index >= 15 is 0 Å². The van der Waals surface area contributed by atoms with Gasteiger partial charge in [-0.1, -0.05) is 12.1 Å². The van der Waals surface area contributed by atoms with Gasteiger partial charge in [-0.15, -0.1) is 0 Å². The molecule has 0 bridgehead atoms. The van der Waals surface area contributed by atoms with Gasteiger partial charge in [0, 0.05) is 24.8 Å². The van der Waals surface area contributed by atoms with E-state index in [2.05, 4.69) is 10.7 Å². The van der Waals surface area contributed by atoms with E-state index in [4.69, 9.17) is 10.5 Å². The number of ether oxygens (including phenoxy) is 1. The molecule has 0 spiro atoms. The van der Waals surface area contributed by atoms with E-state index in [1.807, 2.05) is 36.2 Å². The van der Waals surface area contributed by atoms with Gasteiger partial charge >= 0.3 is 6.03 Å². The molecule has 1 aromatic carbocycles. The van der Waals surface area contributed by atoms with E-state index in [1.54, 1.807) is 0 Å². The second-order valence-corrected chi connectivity index (χ2v) is 4.58. The number of anilines is 1. The van der Waals surface area contributed by atoms with Crippen molar-refractivity contribution in [2.75, 3.05) is 31.6 Å². The number of amides is 2. The highest BCUT2D eigenvalue weighted by Gasteiger charge is 2.12. The lowest BCUT2D eigenvalue weighted by atomic mass is 10.1. The lowest BCUT2D eigenvalue weighted by Gasteiger charge is -2.26. The minimum atomic E-state index is -0.240. The summed E-state index contributed by atoms with van der Waals surface area (Å²) in [5, 5.41) is 4.62. The summed E-state index contributed by atoms with van der Waals surface area (Å²) in [6.45, 7) is 4.62. The smallest absolute Gasteiger partial charge is 0.333 e. The number of nitrogens with zero attached hydrogens (tertiary/aromatic N) is 1. The highest BCUT2D eigenvalue weighted by molar-refractivity contribution is 5.88. The van der Waals surface area contributed by atoms with Crippen LogP contribution in [0.15, 0.2) is 24.3 Å². The Morgan fingerprint density at radius 3 is 2.53 bits per heavy atom. The zero-order valence-corrected chi connectivity index (χ0v) is 11.1. The minimum absolute atomic E-state index is 0.00349. The van der Waals surface area contributed by atoms with Crippen LogP contribution in [0, 0.1) is 0 Å². The molecule has 0 saturated carbocycles. The molecule has 1 heterocycles. The van der Waals surface area contributed by atoms with Crippen molar-refractivity contribution in [3.05, 3.63) is 29.8 Å². The topological polar surface area (TPSA) is 79.6 Å². The normalized spacial score (nSPS) is 17.8. The molecule has 19 heavy (non-hydrogen) atoms. The van der Waals surface area contributed by atoms with Crippen molar-refractivity contribution in [3.8, 4) is 0 Å². The van der Waals surface area contributed by atoms with Crippen molar-refractivity contribution in [1.82, 2.24) is 10.4 Å². The number of morpholine rings is 1. The van der Waals surface area contributed by atoms with Crippen molar-refractivity contribution in [2.24, 2.45) is 5.73 Å². The molecule has 1 saturated heterocycles. The number of carbonyl (C=O) groups excluding carboxylic acids is 1. The standard InChI is InChI=1S/C13H20N4O2/c1-10(14)11-2-4-12(5-3-11)15-13(18)16-17-6-8-19-9-7-17/h2-5,10H,6-9,14H2,1H3,(H2,15,16,18). The number of urea groups is 1. The predicted molar refractivity (Wildman–Crippen MR) is 73.6 cm³/mol. The van der Waals surface area contributed by atoms with Gasteiger partial charge in [-0.05, 0) is 24.6 Å². The molecule has 2 amide bonds. The molecule has 6 nitrogen and oxygen atoms in total. The molecule has 2 rings (SSSR count). The zero-order chi connectivity index (χ0) is 13.7. The summed E-state index contributed by atoms with van der Waals surface area (Å²) in [4.78, 5) is 11.8. The molecule has 1 aromatic rings. The van der Waals surface area contributed by atoms with Gasteiger partial charge < -0.3 is 15.8 Å². The van der Waals surface area contributed by atoms with Gasteiger partial charge in [0.2, 0.25) is 0 Å². The van der Waals surface area contributed by atoms with Crippen LogP contribution >= 0.6 is 0 Å². The van der Waals surface area contributed by atoms with E-state index in [-0.39, 0.29) is 12.1 Å². The fraction of sp³-hybridized carbons (Fsp3) is 0.462. The molecule has 104 valence electrons. The summed E-state index contributed by atoms with van der Waals surface area (Å²) in [7, 11) is 0. The molecule has 1 atom stereocenters. The van der Waals surface area contributed by atoms with E-state index in [0.29, 0.717) is 26.3 Å². The van der Waals surface area contributed by atoms with Crippen LogP contribution in [0.25, 0.3) is 0 Å². The van der Waals surface area contributed by atoms with Crippen LogP contribution in [0.3, 0.4) is 0 Å². The Morgan fingerprint density at radius 1 is 1.32 bits per heavy atom. The van der Waals surface area contributed by atoms with E-state index in [0.717, 1.165) is 11.3 Å². The van der Waals surface area contributed by atoms with Gasteiger partial charge in [-0.2, -0.15) is 0 Å². The Kier molecular flexibility index (Phi) is 4.73. The van der Waals surface area contributed by atoms with Crippen LogP contribution in [0.5, 0.6) is 0 Å². The van der Waals surface area contributed by atoms with Crippen LogP contribution in [-0.4, -0.2) is 37.3 Å². The van der Waals surface area contributed by atoms with E-state index < -0.39 is 0 Å². The summed E-state index contributed by atoms with van der Waals surface area (Å²) < 4.78 is 5.21. The van der Waals surface area contributed by atoms with Crippen LogP contribution in [-0.2, 0) is 4.74 Å². The third-order valence-electron chi connectivity index (χ3n) is 2.97. The maximum Gasteiger partial charge on any atom is 0.333 e. The van der Waals surface area contributed by atoms with Crippen molar-refractivity contribution in [2.45, 2.75) is 13.0 Å². The molecule has 0 radical (unpaired) electrons. The second kappa shape index (κ2) is 6.51. The summed E-state index contributed by atoms with van der Waals surface area (Å²) in [5.74, 6) is 0. The molecule has 4 N–H and O–H groups in total. The van der Waals surface area contributed by atoms with E-state index in [1.165, 1.54) is 0 Å². The third kappa shape index (κ3) is 4.20. The van der Waals surface area contributed by atoms with Gasteiger partial charge in [-0.25, -0.2) is 9.80 Å². The quantitative estimate of drug-likeness (QED) is 0.763. The third-order valence-corrected chi connectivity index (χ3v) is 2.97. The monoisotopic (exact) mass is 264 g/mol. The SMILES string of the molecule is CC(N)c1ccc(NC(=O)NN2CCOCC2)cc1. The maximum absolute atomic E-state index is 11.8. The fourth-order valence-corrected chi connectivity index (χ4v) is 1.85. The molecular weight excluding hydrogens is 244 g/mol. The first kappa shape index (κ1) is 13.8. The molecular formula is C13H20N4O2. The molecule has 6 heteroatoms. The fourth-order valence-electron chi connectivity index (χ4n) is 1.85. The summed E-state index contributed by atoms with van der Waals surface area (Å²) in [6.07, 6.45) is 0. The van der Waals surface area contributed by atoms with Crippen LogP contribution < -0.4 is 16.5 Å². The molecule has 1 aliphatic rings. The molecule has 0 aromatic heterocycles. The second-order valence-electron chi connectivity index (χ2n) is 4.58. The van der Waals surface area contributed by atoms with Crippen LogP contribution in [0.4, 0.5) is 10.5 Å². The van der Waals surface area contributed by atoms with Gasteiger partial charge in [0.05, 0.1) is 13.2 Å². The predicted octanol–water partition coefficient (Wildman–Crippen LogP) is 1.07. The highest BCUT2D eigenvalue weighted by atomic mass is 16.5. The molecule has 1 fully saturated rings. The highest BCUT2D eigenvalue weighted by Crippen LogP contribution is 2.13. The number of nitrogens with two attached hydrogens (primary N) is 1. The molecule has 1 aliphatic heterocycles. The van der Waals surface area contributed by atoms with Crippen molar-refractivity contribution in [3.63, 3.8) is 0 Å². The Bertz CT molecular complexity index is 413. The minimum Gasteiger partial charge on any atom is -0.379 e. The van der Waals surface area contributed by atoms with Gasteiger partial charge in [-0.3, -0.25) is 5.43 Å². The Morgan fingerprint density at radius 2 is 1.95 bits per heavy atom. The van der Waals surface area contributed by atoms with Crippen molar-refractivity contribution < 1.29 is 9.53 Å². The lowest BCUT2D eigenvalue weighted by molar-refractivity contribution is 0.0207. The number of rotatable bonds is 3. The molecule has 1 unspecified atom stereocenters. The molecule has 0 aliphatic carbocycles. The average Bonchev–Trinajstić information content (AvgIpc) is 2.40. The Labute approximate surface area is 112 Å². The van der Waals surface area contributed by atoms with Gasteiger partial charge in [0.1, 0.15) is 0 Å². The zero-order valence-electron chi connectivity index (χ0n) is 11.1. The van der Waals surface area contributed by atoms with Crippen LogP contribution in [0.1, 0.15) is 18.5 Å². The van der Waals surface area contributed by atoms with Crippen LogP contribution in [0.2, 0.25) is 0 Å². The summed E-state index contributed by atoms with van der Waals surface area (Å²) >= 11 is 0. The van der Waals surface area contributed by atoms with Crippen molar-refractivity contribution in [1.29, 1.82) is 0 Å². The number of carbonyl (C=O) groups is 1. The first-order chi connectivity index (χ1) is 9.15. The Hall–Kier alpha value is -1.63. The average molecular weight is 264 g/mol. The maximum atomic E-state index is 11.8. The first-order valence-corrected chi connectivity index (χ1v) is 6.41. The largest absolute Gasteiger partial charge is 0.379 e. The van der Waals surface area contributed by atoms with Crippen molar-refractivity contribution >= 4 is 11.7 Å². The summed E-state index contributed by atoms with van der Waals surface area (Å²) in [6, 6.07) is 7.27. The van der Waals surface area contributed by atoms with E-state index in [9.17, 15) is 4.79 Å². The van der Waals surface area contributed by atoms with Gasteiger partial charge in [0.25, 0.3) is 0 Å². The lowest BCUT2D eigenvalue weighted by Crippen LogP contribution is -2.49. The summed E-state index contributed by atoms with van der Waals surface area (Å²) in [5.41, 5.74) is 10.3. The number of nitrogens with one attached hydrogen (secondary N) is 2. The van der Waals surface area contributed by atoms with Gasteiger partial charge in [0.15, 0.2) is 0 Å². The number of hydrazine groups is 1. The number of benzene rings is 1. The Balaban J connectivity index is 1.84. The first-order valence-electron chi connectivity index (χ1n) is 6.41. The number of hydrogen-bond acceptors (Lipinski definition) is 4. The number of hydrogen-bond donors (Lipinski definition) is 3.